The first-order valence-electron chi connectivity index (χ1n) is 5.32. The van der Waals surface area contributed by atoms with E-state index in [-0.39, 0.29) is 0 Å². The Bertz CT molecular complexity index is 461. The lowest BCUT2D eigenvalue weighted by Crippen LogP contribution is -1.93. The maximum absolute atomic E-state index is 4.27. The minimum Gasteiger partial charge on any atom is -0.159 e. The van der Waals surface area contributed by atoms with E-state index in [4.69, 9.17) is 0 Å². The molecule has 74 valence electrons. The predicted molar refractivity (Wildman–Crippen MR) is 59.4 cm³/mol. The third kappa shape index (κ3) is 1.63. The fraction of sp³-hybridized carbons (Fsp3) is 0.231. The van der Waals surface area contributed by atoms with E-state index >= 15 is 0 Å². The van der Waals surface area contributed by atoms with Crippen LogP contribution < -0.4 is 0 Å². The molecule has 1 aliphatic rings. The van der Waals surface area contributed by atoms with Crippen molar-refractivity contribution < 1.29 is 0 Å². The average molecular weight is 196 g/mol. The average Bonchev–Trinajstić information content (AvgIpc) is 3.14. The molecule has 1 aliphatic carbocycles. The number of benzene rings is 1. The van der Waals surface area contributed by atoms with E-state index in [2.05, 4.69) is 40.5 Å². The van der Waals surface area contributed by atoms with Crippen LogP contribution in [0.15, 0.2) is 42.6 Å². The molecule has 1 saturated carbocycles. The minimum atomic E-state index is 0.647. The van der Waals surface area contributed by atoms with Gasteiger partial charge in [-0.1, -0.05) is 30.3 Å². The SMILES string of the molecule is c1ccc(-c2ccnnc2C2CC2)cc1. The Hall–Kier alpha value is -1.70. The lowest BCUT2D eigenvalue weighted by molar-refractivity contribution is 0.914. The van der Waals surface area contributed by atoms with Gasteiger partial charge >= 0.3 is 0 Å². The Kier molecular flexibility index (Phi) is 1.98. The van der Waals surface area contributed by atoms with Gasteiger partial charge in [0.05, 0.1) is 11.9 Å². The van der Waals surface area contributed by atoms with Gasteiger partial charge < -0.3 is 0 Å². The molecule has 15 heavy (non-hydrogen) atoms. The quantitative estimate of drug-likeness (QED) is 0.737. The standard InChI is InChI=1S/C13H12N2/c1-2-4-10(5-3-1)12-8-9-14-15-13(12)11-6-7-11/h1-5,8-9,11H,6-7H2. The molecule has 0 saturated heterocycles. The molecule has 1 aromatic heterocycles. The number of nitrogens with zero attached hydrogens (tertiary/aromatic N) is 2. The highest BCUT2D eigenvalue weighted by Gasteiger charge is 2.28. The zero-order valence-electron chi connectivity index (χ0n) is 8.43. The molecule has 0 bridgehead atoms. The maximum Gasteiger partial charge on any atom is 0.0740 e. The molecule has 0 radical (unpaired) electrons. The fourth-order valence-corrected chi connectivity index (χ4v) is 1.86. The van der Waals surface area contributed by atoms with Crippen LogP contribution in [0.2, 0.25) is 0 Å². The van der Waals surface area contributed by atoms with Crippen molar-refractivity contribution in [2.24, 2.45) is 0 Å². The summed E-state index contributed by atoms with van der Waals surface area (Å²) in [6.07, 6.45) is 4.30. The van der Waals surface area contributed by atoms with Crippen LogP contribution in [-0.2, 0) is 0 Å². The predicted octanol–water partition coefficient (Wildman–Crippen LogP) is 3.02. The van der Waals surface area contributed by atoms with Crippen molar-refractivity contribution in [3.8, 4) is 11.1 Å². The van der Waals surface area contributed by atoms with Gasteiger partial charge in [0, 0.05) is 11.5 Å². The molecule has 0 atom stereocenters. The Morgan fingerprint density at radius 1 is 1.00 bits per heavy atom. The molecule has 1 fully saturated rings. The Balaban J connectivity index is 2.11. The summed E-state index contributed by atoms with van der Waals surface area (Å²) in [6.45, 7) is 0. The molecule has 1 aromatic carbocycles. The van der Waals surface area contributed by atoms with Gasteiger partial charge in [-0.25, -0.2) is 0 Å². The summed E-state index contributed by atoms with van der Waals surface area (Å²) in [5, 5.41) is 8.25. The van der Waals surface area contributed by atoms with E-state index in [1.54, 1.807) is 6.20 Å². The van der Waals surface area contributed by atoms with E-state index in [9.17, 15) is 0 Å². The second kappa shape index (κ2) is 3.46. The van der Waals surface area contributed by atoms with Crippen molar-refractivity contribution in [3.05, 3.63) is 48.3 Å². The van der Waals surface area contributed by atoms with Crippen LogP contribution in [0.1, 0.15) is 24.5 Å². The fourth-order valence-electron chi connectivity index (χ4n) is 1.86. The highest BCUT2D eigenvalue weighted by Crippen LogP contribution is 2.42. The second-order valence-electron chi connectivity index (χ2n) is 3.97. The van der Waals surface area contributed by atoms with Gasteiger partial charge in [0.1, 0.15) is 0 Å². The lowest BCUT2D eigenvalue weighted by atomic mass is 10.0. The van der Waals surface area contributed by atoms with Crippen molar-refractivity contribution in [1.82, 2.24) is 10.2 Å². The van der Waals surface area contributed by atoms with Crippen molar-refractivity contribution >= 4 is 0 Å². The number of hydrogen-bond acceptors (Lipinski definition) is 2. The molecule has 0 aliphatic heterocycles. The monoisotopic (exact) mass is 196 g/mol. The van der Waals surface area contributed by atoms with Crippen LogP contribution in [-0.4, -0.2) is 10.2 Å². The molecule has 0 N–H and O–H groups in total. The summed E-state index contributed by atoms with van der Waals surface area (Å²) in [5.41, 5.74) is 3.66. The van der Waals surface area contributed by atoms with Crippen LogP contribution in [0.4, 0.5) is 0 Å². The summed E-state index contributed by atoms with van der Waals surface area (Å²) in [5.74, 6) is 0.647. The molecule has 0 amide bonds. The Morgan fingerprint density at radius 2 is 1.80 bits per heavy atom. The van der Waals surface area contributed by atoms with E-state index < -0.39 is 0 Å². The first-order valence-corrected chi connectivity index (χ1v) is 5.32. The Labute approximate surface area is 89.0 Å². The summed E-state index contributed by atoms with van der Waals surface area (Å²) >= 11 is 0. The van der Waals surface area contributed by atoms with Crippen LogP contribution in [0.25, 0.3) is 11.1 Å². The highest BCUT2D eigenvalue weighted by atomic mass is 15.1. The maximum atomic E-state index is 4.27. The van der Waals surface area contributed by atoms with Crippen LogP contribution in [0.5, 0.6) is 0 Å². The summed E-state index contributed by atoms with van der Waals surface area (Å²) in [7, 11) is 0. The van der Waals surface area contributed by atoms with Gasteiger partial charge in [-0.3, -0.25) is 0 Å². The number of aromatic nitrogens is 2. The molecular weight excluding hydrogens is 184 g/mol. The van der Waals surface area contributed by atoms with Crippen LogP contribution >= 0.6 is 0 Å². The topological polar surface area (TPSA) is 25.8 Å². The van der Waals surface area contributed by atoms with Gasteiger partial charge in [-0.2, -0.15) is 10.2 Å². The Morgan fingerprint density at radius 3 is 2.53 bits per heavy atom. The van der Waals surface area contributed by atoms with Crippen LogP contribution in [0.3, 0.4) is 0 Å². The molecule has 0 unspecified atom stereocenters. The smallest absolute Gasteiger partial charge is 0.0740 e. The van der Waals surface area contributed by atoms with Gasteiger partial charge in [-0.05, 0) is 24.5 Å². The third-order valence-corrected chi connectivity index (χ3v) is 2.80. The molecule has 2 heteroatoms. The number of hydrogen-bond donors (Lipinski definition) is 0. The zero-order chi connectivity index (χ0) is 10.1. The molecular formula is C13H12N2. The molecule has 2 aromatic rings. The number of rotatable bonds is 2. The lowest BCUT2D eigenvalue weighted by Gasteiger charge is -2.05. The van der Waals surface area contributed by atoms with Gasteiger partial charge in [-0.15, -0.1) is 0 Å². The highest BCUT2D eigenvalue weighted by molar-refractivity contribution is 5.66. The van der Waals surface area contributed by atoms with Gasteiger partial charge in [0.2, 0.25) is 0 Å². The van der Waals surface area contributed by atoms with Crippen molar-refractivity contribution in [2.75, 3.05) is 0 Å². The molecule has 3 rings (SSSR count). The summed E-state index contributed by atoms with van der Waals surface area (Å²) in [4.78, 5) is 0. The van der Waals surface area contributed by atoms with Crippen LogP contribution in [0, 0.1) is 0 Å². The normalized spacial score (nSPS) is 15.2. The first-order chi connectivity index (χ1) is 7.45. The third-order valence-electron chi connectivity index (χ3n) is 2.80. The van der Waals surface area contributed by atoms with E-state index in [0.29, 0.717) is 5.92 Å². The largest absolute Gasteiger partial charge is 0.159 e. The van der Waals surface area contributed by atoms with Crippen molar-refractivity contribution in [3.63, 3.8) is 0 Å². The molecule has 0 spiro atoms. The van der Waals surface area contributed by atoms with E-state index in [0.717, 1.165) is 0 Å². The van der Waals surface area contributed by atoms with E-state index in [1.807, 2.05) is 6.07 Å². The summed E-state index contributed by atoms with van der Waals surface area (Å²) < 4.78 is 0. The van der Waals surface area contributed by atoms with E-state index in [1.165, 1.54) is 29.7 Å². The summed E-state index contributed by atoms with van der Waals surface area (Å²) in [6, 6.07) is 12.5. The van der Waals surface area contributed by atoms with Crippen molar-refractivity contribution in [2.45, 2.75) is 18.8 Å². The zero-order valence-corrected chi connectivity index (χ0v) is 8.43. The molecule has 1 heterocycles. The molecule has 2 nitrogen and oxygen atoms in total. The first kappa shape index (κ1) is 8.60. The van der Waals surface area contributed by atoms with Gasteiger partial charge in [0.25, 0.3) is 0 Å². The van der Waals surface area contributed by atoms with Crippen molar-refractivity contribution in [1.29, 1.82) is 0 Å². The second-order valence-corrected chi connectivity index (χ2v) is 3.97. The minimum absolute atomic E-state index is 0.647. The van der Waals surface area contributed by atoms with Gasteiger partial charge in [0.15, 0.2) is 0 Å².